The van der Waals surface area contributed by atoms with Gasteiger partial charge in [-0.1, -0.05) is 42.1 Å². The number of esters is 1. The third kappa shape index (κ3) is 3.34. The number of hydrogen-bond acceptors (Lipinski definition) is 7. The molecule has 1 fully saturated rings. The number of nitrogens with one attached hydrogen (secondary N) is 1. The van der Waals surface area contributed by atoms with Gasteiger partial charge in [-0.05, 0) is 24.3 Å². The molecular formula is C26H20N2O6S. The first-order valence-corrected chi connectivity index (χ1v) is 11.9. The Morgan fingerprint density at radius 1 is 1.09 bits per heavy atom. The first-order chi connectivity index (χ1) is 17.0. The Morgan fingerprint density at radius 2 is 1.89 bits per heavy atom. The maximum atomic E-state index is 13.2. The summed E-state index contributed by atoms with van der Waals surface area (Å²) in [7, 11) is 1.51. The van der Waals surface area contributed by atoms with Crippen LogP contribution in [0.15, 0.2) is 70.0 Å². The molecule has 35 heavy (non-hydrogen) atoms. The quantitative estimate of drug-likeness (QED) is 0.407. The van der Waals surface area contributed by atoms with Gasteiger partial charge >= 0.3 is 5.97 Å². The third-order valence-electron chi connectivity index (χ3n) is 6.30. The van der Waals surface area contributed by atoms with Gasteiger partial charge < -0.3 is 19.2 Å². The summed E-state index contributed by atoms with van der Waals surface area (Å²) in [5.74, 6) is -0.816. The van der Waals surface area contributed by atoms with Crippen LogP contribution in [-0.4, -0.2) is 36.4 Å². The summed E-state index contributed by atoms with van der Waals surface area (Å²) < 4.78 is 16.8. The predicted octanol–water partition coefficient (Wildman–Crippen LogP) is 4.71. The number of rotatable bonds is 5. The summed E-state index contributed by atoms with van der Waals surface area (Å²) in [5.41, 5.74) is 2.43. The smallest absolute Gasteiger partial charge is 0.344 e. The second-order valence-corrected chi connectivity index (χ2v) is 9.67. The number of carbonyl (C=O) groups is 3. The summed E-state index contributed by atoms with van der Waals surface area (Å²) in [6, 6.07) is 18.5. The van der Waals surface area contributed by atoms with E-state index >= 15 is 0 Å². The van der Waals surface area contributed by atoms with Crippen molar-refractivity contribution in [3.05, 3.63) is 60.7 Å². The molecule has 3 heterocycles. The number of amides is 2. The first-order valence-electron chi connectivity index (χ1n) is 11.1. The number of para-hydroxylation sites is 2. The number of anilines is 2. The van der Waals surface area contributed by atoms with E-state index in [2.05, 4.69) is 5.32 Å². The van der Waals surface area contributed by atoms with E-state index in [1.807, 2.05) is 48.5 Å². The number of methoxy groups -OCH3 is 1. The zero-order valence-electron chi connectivity index (χ0n) is 18.7. The van der Waals surface area contributed by atoms with Crippen molar-refractivity contribution in [2.75, 3.05) is 23.9 Å². The van der Waals surface area contributed by atoms with E-state index in [1.54, 1.807) is 12.1 Å². The van der Waals surface area contributed by atoms with Gasteiger partial charge in [0.2, 0.25) is 5.91 Å². The number of thioether (sulfide) groups is 1. The second kappa shape index (κ2) is 8.06. The monoisotopic (exact) mass is 488 g/mol. The van der Waals surface area contributed by atoms with Gasteiger partial charge in [0.15, 0.2) is 11.5 Å². The Kier molecular flexibility index (Phi) is 4.96. The van der Waals surface area contributed by atoms with Crippen LogP contribution in [0.25, 0.3) is 21.9 Å². The van der Waals surface area contributed by atoms with Gasteiger partial charge in [-0.15, -0.1) is 0 Å². The lowest BCUT2D eigenvalue weighted by Crippen LogP contribution is -2.48. The van der Waals surface area contributed by atoms with Gasteiger partial charge in [-0.3, -0.25) is 14.5 Å². The lowest BCUT2D eigenvalue weighted by molar-refractivity contribution is -0.149. The molecule has 1 N–H and O–H groups in total. The summed E-state index contributed by atoms with van der Waals surface area (Å²) in [6.45, 7) is -0.499. The molecule has 4 aromatic rings. The summed E-state index contributed by atoms with van der Waals surface area (Å²) >= 11 is 1.30. The normalized spacial score (nSPS) is 18.5. The molecule has 0 bridgehead atoms. The van der Waals surface area contributed by atoms with Crippen molar-refractivity contribution in [2.45, 2.75) is 22.6 Å². The fourth-order valence-electron chi connectivity index (χ4n) is 4.72. The third-order valence-corrected chi connectivity index (χ3v) is 7.76. The lowest BCUT2D eigenvalue weighted by Gasteiger charge is -2.28. The van der Waals surface area contributed by atoms with Gasteiger partial charge in [-0.2, -0.15) is 0 Å². The number of carbonyl (C=O) groups excluding carboxylic acids is 3. The highest BCUT2D eigenvalue weighted by Crippen LogP contribution is 2.56. The van der Waals surface area contributed by atoms with E-state index in [-0.39, 0.29) is 12.3 Å². The van der Waals surface area contributed by atoms with Crippen LogP contribution in [-0.2, 0) is 19.1 Å². The van der Waals surface area contributed by atoms with Crippen LogP contribution in [0.1, 0.15) is 12.8 Å². The van der Waals surface area contributed by atoms with Crippen molar-refractivity contribution in [2.24, 2.45) is 0 Å². The molecule has 0 saturated carbocycles. The number of fused-ring (bicyclic) bond motifs is 6. The van der Waals surface area contributed by atoms with Crippen molar-refractivity contribution in [3.8, 4) is 5.75 Å². The van der Waals surface area contributed by atoms with Crippen molar-refractivity contribution >= 4 is 62.9 Å². The highest BCUT2D eigenvalue weighted by molar-refractivity contribution is 8.02. The molecule has 0 unspecified atom stereocenters. The van der Waals surface area contributed by atoms with E-state index in [0.29, 0.717) is 29.1 Å². The molecule has 2 amide bonds. The highest BCUT2D eigenvalue weighted by Gasteiger charge is 2.58. The molecule has 0 radical (unpaired) electrons. The highest BCUT2D eigenvalue weighted by atomic mass is 32.2. The fraction of sp³-hybridized carbons (Fsp3) is 0.192. The number of furan rings is 1. The molecule has 1 aromatic heterocycles. The van der Waals surface area contributed by atoms with E-state index < -0.39 is 23.4 Å². The molecule has 9 heteroatoms. The van der Waals surface area contributed by atoms with E-state index in [4.69, 9.17) is 13.9 Å². The largest absolute Gasteiger partial charge is 0.495 e. The topological polar surface area (TPSA) is 98.1 Å². The van der Waals surface area contributed by atoms with E-state index in [9.17, 15) is 14.4 Å². The number of hydrogen-bond donors (Lipinski definition) is 1. The first kappa shape index (κ1) is 21.5. The summed E-state index contributed by atoms with van der Waals surface area (Å²) in [6.07, 6.45) is 0.569. The van der Waals surface area contributed by atoms with Crippen LogP contribution in [0, 0.1) is 0 Å². The molecule has 176 valence electrons. The minimum absolute atomic E-state index is 0.132. The van der Waals surface area contributed by atoms with Gasteiger partial charge in [0.1, 0.15) is 16.9 Å². The average Bonchev–Trinajstić information content (AvgIpc) is 3.51. The van der Waals surface area contributed by atoms with Crippen LogP contribution < -0.4 is 15.0 Å². The Hall–Kier alpha value is -3.98. The Morgan fingerprint density at radius 3 is 2.74 bits per heavy atom. The molecule has 0 aliphatic carbocycles. The maximum absolute atomic E-state index is 13.2. The van der Waals surface area contributed by atoms with E-state index in [0.717, 1.165) is 21.3 Å². The minimum atomic E-state index is -1.17. The van der Waals surface area contributed by atoms with Crippen LogP contribution in [0.5, 0.6) is 5.75 Å². The number of nitrogens with zero attached hydrogens (tertiary/aromatic N) is 1. The SMILES string of the molecule is COc1cc2c(cc1NC(=O)COC(=O)[C@@]13CCC(=O)N1c1ccccc1S3)oc1ccccc12. The van der Waals surface area contributed by atoms with E-state index in [1.165, 1.54) is 23.8 Å². The zero-order valence-corrected chi connectivity index (χ0v) is 19.5. The van der Waals surface area contributed by atoms with Crippen molar-refractivity contribution < 1.29 is 28.3 Å². The van der Waals surface area contributed by atoms with Crippen molar-refractivity contribution in [1.82, 2.24) is 0 Å². The Labute approximate surface area is 204 Å². The van der Waals surface area contributed by atoms with Gasteiger partial charge in [0.25, 0.3) is 5.91 Å². The summed E-state index contributed by atoms with van der Waals surface area (Å²) in [4.78, 5) is 39.6. The van der Waals surface area contributed by atoms with Gasteiger partial charge in [0.05, 0.1) is 18.5 Å². The molecular weight excluding hydrogens is 468 g/mol. The summed E-state index contributed by atoms with van der Waals surface area (Å²) in [5, 5.41) is 4.55. The Balaban J connectivity index is 1.20. The number of ether oxygens (including phenoxy) is 2. The molecule has 6 rings (SSSR count). The Bertz CT molecular complexity index is 1530. The molecule has 1 atom stereocenters. The average molecular weight is 489 g/mol. The molecule has 2 aliphatic heterocycles. The molecule has 0 spiro atoms. The minimum Gasteiger partial charge on any atom is -0.495 e. The second-order valence-electron chi connectivity index (χ2n) is 8.35. The molecule has 3 aromatic carbocycles. The van der Waals surface area contributed by atoms with Crippen LogP contribution in [0.3, 0.4) is 0 Å². The van der Waals surface area contributed by atoms with Crippen LogP contribution >= 0.6 is 11.8 Å². The van der Waals surface area contributed by atoms with Crippen LogP contribution in [0.4, 0.5) is 11.4 Å². The van der Waals surface area contributed by atoms with Gasteiger partial charge in [-0.25, -0.2) is 4.79 Å². The maximum Gasteiger partial charge on any atom is 0.344 e. The van der Waals surface area contributed by atoms with Crippen molar-refractivity contribution in [3.63, 3.8) is 0 Å². The molecule has 1 saturated heterocycles. The lowest BCUT2D eigenvalue weighted by atomic mass is 10.1. The number of benzene rings is 3. The predicted molar refractivity (Wildman–Crippen MR) is 132 cm³/mol. The molecule has 8 nitrogen and oxygen atoms in total. The molecule has 2 aliphatic rings. The van der Waals surface area contributed by atoms with Crippen LogP contribution in [0.2, 0.25) is 0 Å². The van der Waals surface area contributed by atoms with Crippen molar-refractivity contribution in [1.29, 1.82) is 0 Å². The zero-order chi connectivity index (χ0) is 24.2. The van der Waals surface area contributed by atoms with Gasteiger partial charge in [0, 0.05) is 34.6 Å². The fourth-order valence-corrected chi connectivity index (χ4v) is 6.13. The standard InChI is InChI=1S/C26H20N2O6S/c1-32-21-12-16-15-6-2-4-8-19(15)34-20(16)13-17(21)27-23(29)14-33-25(31)26-11-10-24(30)28(26)18-7-3-5-9-22(18)35-26/h2-9,12-13H,10-11,14H2,1H3,(H,27,29)/t26-/m0/s1.